The number of fused-ring (bicyclic) bond motifs is 1. The average molecular weight is 358 g/mol. The van der Waals surface area contributed by atoms with E-state index in [9.17, 15) is 19.5 Å². The zero-order valence-corrected chi connectivity index (χ0v) is 15.0. The summed E-state index contributed by atoms with van der Waals surface area (Å²) in [5.41, 5.74) is 2.02. The number of carboxylic acids is 1. The number of carbonyl (C=O) groups excluding carboxylic acids is 2. The van der Waals surface area contributed by atoms with Gasteiger partial charge in [0.2, 0.25) is 0 Å². The van der Waals surface area contributed by atoms with Crippen LogP contribution in [0.1, 0.15) is 29.5 Å². The van der Waals surface area contributed by atoms with Crippen LogP contribution < -0.4 is 15.5 Å². The summed E-state index contributed by atoms with van der Waals surface area (Å²) in [5, 5.41) is 11.8. The van der Waals surface area contributed by atoms with E-state index in [1.165, 1.54) is 4.90 Å². The zero-order chi connectivity index (χ0) is 19.0. The maximum atomic E-state index is 12.4. The third-order valence-electron chi connectivity index (χ3n) is 4.85. The maximum absolute atomic E-state index is 12.4. The van der Waals surface area contributed by atoms with Gasteiger partial charge in [-0.2, -0.15) is 0 Å². The summed E-state index contributed by atoms with van der Waals surface area (Å²) < 4.78 is 11.0. The molecule has 1 aliphatic rings. The number of carboxylic acid groups (broad SMARTS) is 1. The highest BCUT2D eigenvalue weighted by atomic mass is 16.5. The summed E-state index contributed by atoms with van der Waals surface area (Å²) in [5.74, 6) is -1.22. The summed E-state index contributed by atoms with van der Waals surface area (Å²) in [7, 11) is 0. The Morgan fingerprint density at radius 3 is 2.69 bits per heavy atom. The second-order valence-corrected chi connectivity index (χ2v) is 6.63. The number of amides is 1. The van der Waals surface area contributed by atoms with Crippen LogP contribution in [-0.4, -0.2) is 36.0 Å². The number of hydrogen-bond acceptors (Lipinski definition) is 6. The normalized spacial score (nSPS) is 16.9. The summed E-state index contributed by atoms with van der Waals surface area (Å²) in [6.07, 6.45) is 1.02. The van der Waals surface area contributed by atoms with Gasteiger partial charge in [0.1, 0.15) is 11.3 Å². The van der Waals surface area contributed by atoms with Crippen molar-refractivity contribution in [3.63, 3.8) is 0 Å². The molecule has 0 bridgehead atoms. The Bertz CT molecular complexity index is 945. The number of aliphatic carboxylic acids is 1. The fraction of sp³-hybridized carbons (Fsp3) is 0.421. The minimum absolute atomic E-state index is 0.292. The van der Waals surface area contributed by atoms with E-state index >= 15 is 0 Å². The number of ether oxygens (including phenoxy) is 1. The molecule has 1 aromatic heterocycles. The van der Waals surface area contributed by atoms with E-state index < -0.39 is 23.5 Å². The Labute approximate surface area is 150 Å². The van der Waals surface area contributed by atoms with E-state index in [0.29, 0.717) is 41.7 Å². The fourth-order valence-electron chi connectivity index (χ4n) is 3.33. The van der Waals surface area contributed by atoms with Crippen molar-refractivity contribution in [1.82, 2.24) is 4.90 Å². The van der Waals surface area contributed by atoms with Crippen molar-refractivity contribution < 1.29 is 23.8 Å². The van der Waals surface area contributed by atoms with Gasteiger partial charge < -0.3 is 24.0 Å². The Balaban J connectivity index is 1.89. The van der Waals surface area contributed by atoms with Gasteiger partial charge in [-0.1, -0.05) is 0 Å². The molecule has 0 saturated carbocycles. The molecule has 0 aliphatic carbocycles. The average Bonchev–Trinajstić information content (AvgIpc) is 3.07. The number of likely N-dealkylation sites (tertiary alicyclic amines) is 1. The molecule has 0 unspecified atom stereocenters. The van der Waals surface area contributed by atoms with E-state index in [1.54, 1.807) is 26.0 Å². The number of rotatable bonds is 4. The van der Waals surface area contributed by atoms with Crippen molar-refractivity contribution in [3.8, 4) is 5.75 Å². The van der Waals surface area contributed by atoms with Gasteiger partial charge in [0, 0.05) is 12.1 Å². The Hall–Kier alpha value is -2.83. The lowest BCUT2D eigenvalue weighted by molar-refractivity contribution is -0.310. The number of nitrogens with zero attached hydrogens (tertiary/aromatic N) is 1. The van der Waals surface area contributed by atoms with Crippen LogP contribution >= 0.6 is 0 Å². The SMILES string of the molecule is Cc1cc(OCC(=O)N2CCC[C@@H]2C(=O)[O-])c2c(C)c(C)c(=O)oc2c1. The third kappa shape index (κ3) is 3.16. The minimum Gasteiger partial charge on any atom is -0.548 e. The van der Waals surface area contributed by atoms with Crippen LogP contribution in [0.5, 0.6) is 5.75 Å². The molecule has 0 radical (unpaired) electrons. The minimum atomic E-state index is -1.25. The van der Waals surface area contributed by atoms with Crippen LogP contribution in [0.15, 0.2) is 21.3 Å². The fourth-order valence-corrected chi connectivity index (χ4v) is 3.33. The van der Waals surface area contributed by atoms with E-state index in [1.807, 2.05) is 6.92 Å². The Morgan fingerprint density at radius 2 is 2.00 bits per heavy atom. The summed E-state index contributed by atoms with van der Waals surface area (Å²) in [6, 6.07) is 2.61. The lowest BCUT2D eigenvalue weighted by Gasteiger charge is -2.25. The first kappa shape index (κ1) is 18.0. The van der Waals surface area contributed by atoms with E-state index in [0.717, 1.165) is 11.1 Å². The van der Waals surface area contributed by atoms with Crippen LogP contribution in [0.4, 0.5) is 0 Å². The van der Waals surface area contributed by atoms with E-state index in [2.05, 4.69) is 0 Å². The van der Waals surface area contributed by atoms with Gasteiger partial charge in [-0.05, 0) is 56.9 Å². The summed E-state index contributed by atoms with van der Waals surface area (Å²) in [4.78, 5) is 36.7. The third-order valence-corrected chi connectivity index (χ3v) is 4.85. The first-order chi connectivity index (χ1) is 12.3. The van der Waals surface area contributed by atoms with E-state index in [-0.39, 0.29) is 6.61 Å². The van der Waals surface area contributed by atoms with Crippen molar-refractivity contribution in [2.24, 2.45) is 0 Å². The monoisotopic (exact) mass is 358 g/mol. The van der Waals surface area contributed by atoms with Crippen molar-refractivity contribution >= 4 is 22.8 Å². The number of aryl methyl sites for hydroxylation is 2. The standard InChI is InChI=1S/C19H21NO6/c1-10-7-14(17-11(2)12(3)19(24)26-15(17)8-10)25-9-16(21)20-6-4-5-13(20)18(22)23/h7-8,13H,4-6,9H2,1-3H3,(H,22,23)/p-1/t13-/m1/s1. The van der Waals surface area contributed by atoms with Crippen molar-refractivity contribution in [2.45, 2.75) is 39.7 Å². The van der Waals surface area contributed by atoms with Gasteiger partial charge >= 0.3 is 5.63 Å². The quantitative estimate of drug-likeness (QED) is 0.751. The van der Waals surface area contributed by atoms with Gasteiger partial charge in [-0.3, -0.25) is 4.79 Å². The molecule has 3 rings (SSSR count). The topological polar surface area (TPSA) is 99.9 Å². The van der Waals surface area contributed by atoms with Crippen LogP contribution in [-0.2, 0) is 9.59 Å². The zero-order valence-electron chi connectivity index (χ0n) is 15.0. The number of carbonyl (C=O) groups is 2. The largest absolute Gasteiger partial charge is 0.548 e. The Morgan fingerprint density at radius 1 is 1.27 bits per heavy atom. The van der Waals surface area contributed by atoms with Crippen molar-refractivity contribution in [2.75, 3.05) is 13.2 Å². The second-order valence-electron chi connectivity index (χ2n) is 6.63. The van der Waals surface area contributed by atoms with Gasteiger partial charge in [0.15, 0.2) is 6.61 Å². The molecule has 2 heterocycles. The first-order valence-electron chi connectivity index (χ1n) is 8.47. The van der Waals surface area contributed by atoms with Crippen molar-refractivity contribution in [3.05, 3.63) is 39.2 Å². The molecule has 1 atom stereocenters. The molecular weight excluding hydrogens is 338 g/mol. The Kier molecular flexibility index (Phi) is 4.71. The molecule has 0 spiro atoms. The molecule has 1 aliphatic heterocycles. The molecule has 7 nitrogen and oxygen atoms in total. The van der Waals surface area contributed by atoms with Crippen LogP contribution in [0, 0.1) is 20.8 Å². The lowest BCUT2D eigenvalue weighted by Crippen LogP contribution is -2.48. The van der Waals surface area contributed by atoms with E-state index in [4.69, 9.17) is 9.15 Å². The summed E-state index contributed by atoms with van der Waals surface area (Å²) in [6.45, 7) is 5.38. The molecule has 0 N–H and O–H groups in total. The highest BCUT2D eigenvalue weighted by molar-refractivity contribution is 5.89. The molecule has 138 valence electrons. The van der Waals surface area contributed by atoms with Gasteiger partial charge in [-0.25, -0.2) is 4.79 Å². The second kappa shape index (κ2) is 6.82. The van der Waals surface area contributed by atoms with Gasteiger partial charge in [0.25, 0.3) is 5.91 Å². The highest BCUT2D eigenvalue weighted by Crippen LogP contribution is 2.31. The predicted molar refractivity (Wildman–Crippen MR) is 91.9 cm³/mol. The maximum Gasteiger partial charge on any atom is 0.339 e. The smallest absolute Gasteiger partial charge is 0.339 e. The van der Waals surface area contributed by atoms with Crippen molar-refractivity contribution in [1.29, 1.82) is 0 Å². The molecule has 1 aromatic carbocycles. The van der Waals surface area contributed by atoms with Gasteiger partial charge in [-0.15, -0.1) is 0 Å². The van der Waals surface area contributed by atoms with Crippen LogP contribution in [0.25, 0.3) is 11.0 Å². The molecule has 1 fully saturated rings. The molecule has 26 heavy (non-hydrogen) atoms. The van der Waals surface area contributed by atoms with Crippen LogP contribution in [0.3, 0.4) is 0 Å². The number of benzene rings is 1. The first-order valence-corrected chi connectivity index (χ1v) is 8.47. The highest BCUT2D eigenvalue weighted by Gasteiger charge is 2.29. The predicted octanol–water partition coefficient (Wildman–Crippen LogP) is 0.838. The molecule has 1 amide bonds. The summed E-state index contributed by atoms with van der Waals surface area (Å²) >= 11 is 0. The number of hydrogen-bond donors (Lipinski definition) is 0. The molecule has 2 aromatic rings. The lowest BCUT2D eigenvalue weighted by atomic mass is 10.0. The van der Waals surface area contributed by atoms with Crippen LogP contribution in [0.2, 0.25) is 0 Å². The van der Waals surface area contributed by atoms with Gasteiger partial charge in [0.05, 0.1) is 17.4 Å². The molecule has 1 saturated heterocycles. The molecular formula is C19H20NO6-. The molecule has 7 heteroatoms.